The van der Waals surface area contributed by atoms with Gasteiger partial charge in [0.15, 0.2) is 0 Å². The van der Waals surface area contributed by atoms with Crippen LogP contribution in [0.3, 0.4) is 0 Å². The van der Waals surface area contributed by atoms with E-state index in [4.69, 9.17) is 0 Å². The van der Waals surface area contributed by atoms with Crippen molar-refractivity contribution in [2.75, 3.05) is 13.1 Å². The van der Waals surface area contributed by atoms with E-state index in [2.05, 4.69) is 12.2 Å². The fourth-order valence-electron chi connectivity index (χ4n) is 1.70. The molecule has 1 aliphatic carbocycles. The average Bonchev–Trinajstić information content (AvgIpc) is 2.41. The molecule has 1 N–H and O–H groups in total. The molecule has 0 saturated heterocycles. The van der Waals surface area contributed by atoms with E-state index < -0.39 is 0 Å². The van der Waals surface area contributed by atoms with Crippen molar-refractivity contribution >= 4 is 0 Å². The van der Waals surface area contributed by atoms with Crippen LogP contribution in [0.1, 0.15) is 39.0 Å². The standard InChI is InChI=1S/C9H19N/c1-2-7-10-8-9-5-3-4-6-9/h9-10H,2-8H2,1H3. The highest BCUT2D eigenvalue weighted by Crippen LogP contribution is 2.23. The summed E-state index contributed by atoms with van der Waals surface area (Å²) in [5, 5.41) is 3.48. The molecule has 0 aromatic heterocycles. The van der Waals surface area contributed by atoms with E-state index in [9.17, 15) is 0 Å². The highest BCUT2D eigenvalue weighted by Gasteiger charge is 2.13. The molecule has 0 spiro atoms. The zero-order valence-corrected chi connectivity index (χ0v) is 7.03. The summed E-state index contributed by atoms with van der Waals surface area (Å²) in [7, 11) is 0. The van der Waals surface area contributed by atoms with Crippen LogP contribution in [-0.2, 0) is 0 Å². The number of hydrogen-bond donors (Lipinski definition) is 1. The van der Waals surface area contributed by atoms with Crippen molar-refractivity contribution in [3.05, 3.63) is 0 Å². The second-order valence-electron chi connectivity index (χ2n) is 3.35. The molecule has 1 heteroatoms. The van der Waals surface area contributed by atoms with Gasteiger partial charge < -0.3 is 5.32 Å². The summed E-state index contributed by atoms with van der Waals surface area (Å²) in [5.41, 5.74) is 0. The minimum absolute atomic E-state index is 1.01. The molecule has 1 fully saturated rings. The molecule has 0 bridgehead atoms. The monoisotopic (exact) mass is 141 g/mol. The van der Waals surface area contributed by atoms with Crippen LogP contribution in [0.2, 0.25) is 0 Å². The van der Waals surface area contributed by atoms with Crippen molar-refractivity contribution in [1.82, 2.24) is 5.32 Å². The van der Waals surface area contributed by atoms with E-state index in [1.54, 1.807) is 0 Å². The van der Waals surface area contributed by atoms with Crippen LogP contribution in [0.15, 0.2) is 0 Å². The summed E-state index contributed by atoms with van der Waals surface area (Å²) in [6.45, 7) is 4.70. The van der Waals surface area contributed by atoms with Gasteiger partial charge in [0, 0.05) is 0 Å². The maximum atomic E-state index is 3.48. The first kappa shape index (κ1) is 8.06. The fourth-order valence-corrected chi connectivity index (χ4v) is 1.70. The van der Waals surface area contributed by atoms with Crippen LogP contribution in [0, 0.1) is 5.92 Å². The van der Waals surface area contributed by atoms with Crippen LogP contribution in [0.4, 0.5) is 0 Å². The van der Waals surface area contributed by atoms with Crippen molar-refractivity contribution in [1.29, 1.82) is 0 Å². The van der Waals surface area contributed by atoms with Gasteiger partial charge in [-0.25, -0.2) is 0 Å². The van der Waals surface area contributed by atoms with Gasteiger partial charge in [-0.2, -0.15) is 0 Å². The first-order valence-corrected chi connectivity index (χ1v) is 4.64. The second kappa shape index (κ2) is 4.73. The predicted molar refractivity (Wildman–Crippen MR) is 45.1 cm³/mol. The van der Waals surface area contributed by atoms with Gasteiger partial charge in [-0.3, -0.25) is 0 Å². The quantitative estimate of drug-likeness (QED) is 0.592. The van der Waals surface area contributed by atoms with Crippen molar-refractivity contribution in [3.63, 3.8) is 0 Å². The summed E-state index contributed by atoms with van der Waals surface area (Å²) in [6.07, 6.45) is 7.15. The Labute approximate surface area is 64.2 Å². The SMILES string of the molecule is CCCNCC1CCCC1. The third-order valence-corrected chi connectivity index (χ3v) is 2.33. The Balaban J connectivity index is 1.91. The summed E-state index contributed by atoms with van der Waals surface area (Å²) < 4.78 is 0. The number of rotatable bonds is 4. The molecule has 0 unspecified atom stereocenters. The van der Waals surface area contributed by atoms with E-state index in [-0.39, 0.29) is 0 Å². The third kappa shape index (κ3) is 2.70. The van der Waals surface area contributed by atoms with Gasteiger partial charge in [0.05, 0.1) is 0 Å². The van der Waals surface area contributed by atoms with Crippen molar-refractivity contribution < 1.29 is 0 Å². The van der Waals surface area contributed by atoms with E-state index >= 15 is 0 Å². The lowest BCUT2D eigenvalue weighted by Gasteiger charge is -2.08. The lowest BCUT2D eigenvalue weighted by atomic mass is 10.1. The molecule has 0 aromatic rings. The highest BCUT2D eigenvalue weighted by atomic mass is 14.8. The van der Waals surface area contributed by atoms with Gasteiger partial charge in [0.25, 0.3) is 0 Å². The lowest BCUT2D eigenvalue weighted by Crippen LogP contribution is -2.21. The molecular formula is C9H19N. The molecule has 60 valence electrons. The third-order valence-electron chi connectivity index (χ3n) is 2.33. The molecule has 1 saturated carbocycles. The fraction of sp³-hybridized carbons (Fsp3) is 1.00. The lowest BCUT2D eigenvalue weighted by molar-refractivity contribution is 0.489. The van der Waals surface area contributed by atoms with E-state index in [1.807, 2.05) is 0 Å². The van der Waals surface area contributed by atoms with Crippen LogP contribution < -0.4 is 5.32 Å². The van der Waals surface area contributed by atoms with Crippen LogP contribution in [0.5, 0.6) is 0 Å². The molecule has 0 atom stereocenters. The Morgan fingerprint density at radius 3 is 2.60 bits per heavy atom. The van der Waals surface area contributed by atoms with Gasteiger partial charge in [-0.05, 0) is 38.3 Å². The van der Waals surface area contributed by atoms with Gasteiger partial charge in [0.2, 0.25) is 0 Å². The van der Waals surface area contributed by atoms with E-state index in [0.717, 1.165) is 5.92 Å². The van der Waals surface area contributed by atoms with Gasteiger partial charge in [-0.15, -0.1) is 0 Å². The minimum Gasteiger partial charge on any atom is -0.316 e. The molecule has 0 heterocycles. The first-order chi connectivity index (χ1) is 4.93. The summed E-state index contributed by atoms with van der Waals surface area (Å²) in [4.78, 5) is 0. The molecular weight excluding hydrogens is 122 g/mol. The Morgan fingerprint density at radius 1 is 1.30 bits per heavy atom. The first-order valence-electron chi connectivity index (χ1n) is 4.64. The largest absolute Gasteiger partial charge is 0.316 e. The smallest absolute Gasteiger partial charge is 0.00205 e. The van der Waals surface area contributed by atoms with Crippen LogP contribution in [-0.4, -0.2) is 13.1 Å². The Kier molecular flexibility index (Phi) is 3.81. The zero-order chi connectivity index (χ0) is 7.23. The Hall–Kier alpha value is -0.0400. The molecule has 0 amide bonds. The molecule has 0 aliphatic heterocycles. The highest BCUT2D eigenvalue weighted by molar-refractivity contribution is 4.68. The van der Waals surface area contributed by atoms with Crippen molar-refractivity contribution in [2.24, 2.45) is 5.92 Å². The van der Waals surface area contributed by atoms with Crippen molar-refractivity contribution in [3.8, 4) is 0 Å². The van der Waals surface area contributed by atoms with Crippen LogP contribution >= 0.6 is 0 Å². The predicted octanol–water partition coefficient (Wildman–Crippen LogP) is 2.18. The summed E-state index contributed by atoms with van der Waals surface area (Å²) >= 11 is 0. The number of hydrogen-bond acceptors (Lipinski definition) is 1. The maximum Gasteiger partial charge on any atom is -0.00205 e. The van der Waals surface area contributed by atoms with E-state index in [1.165, 1.54) is 45.2 Å². The average molecular weight is 141 g/mol. The van der Waals surface area contributed by atoms with Crippen molar-refractivity contribution in [2.45, 2.75) is 39.0 Å². The topological polar surface area (TPSA) is 12.0 Å². The molecule has 0 aromatic carbocycles. The molecule has 0 radical (unpaired) electrons. The second-order valence-corrected chi connectivity index (χ2v) is 3.35. The molecule has 10 heavy (non-hydrogen) atoms. The molecule has 1 nitrogen and oxygen atoms in total. The normalized spacial score (nSPS) is 20.1. The maximum absolute atomic E-state index is 3.48. The van der Waals surface area contributed by atoms with E-state index in [0.29, 0.717) is 0 Å². The van der Waals surface area contributed by atoms with Gasteiger partial charge >= 0.3 is 0 Å². The van der Waals surface area contributed by atoms with Gasteiger partial charge in [-0.1, -0.05) is 19.8 Å². The molecule has 1 rings (SSSR count). The Bertz CT molecular complexity index is 74.8. The summed E-state index contributed by atoms with van der Waals surface area (Å²) in [6, 6.07) is 0. The van der Waals surface area contributed by atoms with Gasteiger partial charge in [0.1, 0.15) is 0 Å². The van der Waals surface area contributed by atoms with Crippen LogP contribution in [0.25, 0.3) is 0 Å². The Morgan fingerprint density at radius 2 is 2.00 bits per heavy atom. The minimum atomic E-state index is 1.01. The number of nitrogens with one attached hydrogen (secondary N) is 1. The zero-order valence-electron chi connectivity index (χ0n) is 7.03. The summed E-state index contributed by atoms with van der Waals surface area (Å²) in [5.74, 6) is 1.01. The molecule has 1 aliphatic rings.